The van der Waals surface area contributed by atoms with Crippen molar-refractivity contribution in [1.82, 2.24) is 15.3 Å². The fourth-order valence-electron chi connectivity index (χ4n) is 2.47. The highest BCUT2D eigenvalue weighted by Crippen LogP contribution is 2.30. The Bertz CT molecular complexity index is 460. The van der Waals surface area contributed by atoms with Gasteiger partial charge in [0.1, 0.15) is 0 Å². The van der Waals surface area contributed by atoms with E-state index >= 15 is 0 Å². The second-order valence-corrected chi connectivity index (χ2v) is 5.60. The summed E-state index contributed by atoms with van der Waals surface area (Å²) in [5.74, 6) is -0.107. The average Bonchev–Trinajstić information content (AvgIpc) is 2.37. The fourth-order valence-corrected chi connectivity index (χ4v) is 2.47. The maximum atomic E-state index is 11.3. The van der Waals surface area contributed by atoms with E-state index in [4.69, 9.17) is 5.73 Å². The molecule has 0 bridgehead atoms. The molecule has 1 saturated heterocycles. The molecule has 1 fully saturated rings. The summed E-state index contributed by atoms with van der Waals surface area (Å²) in [6.07, 6.45) is 5.40. The van der Waals surface area contributed by atoms with Crippen LogP contribution in [0.2, 0.25) is 0 Å². The number of nitrogens with zero attached hydrogens (tertiary/aromatic N) is 2. The van der Waals surface area contributed by atoms with Crippen LogP contribution in [0, 0.1) is 5.41 Å². The summed E-state index contributed by atoms with van der Waals surface area (Å²) in [5, 5.41) is 6.68. The third kappa shape index (κ3) is 3.20. The molecule has 0 aromatic carbocycles. The summed E-state index contributed by atoms with van der Waals surface area (Å²) in [5.41, 5.74) is 5.69. The topological polar surface area (TPSA) is 92.9 Å². The van der Waals surface area contributed by atoms with E-state index in [2.05, 4.69) is 34.4 Å². The first-order valence-corrected chi connectivity index (χ1v) is 6.59. The fraction of sp³-hybridized carbons (Fsp3) is 0.615. The van der Waals surface area contributed by atoms with Crippen molar-refractivity contribution < 1.29 is 4.79 Å². The van der Waals surface area contributed by atoms with Crippen LogP contribution in [-0.4, -0.2) is 35.0 Å². The molecule has 1 atom stereocenters. The molecule has 1 amide bonds. The molecule has 2 rings (SSSR count). The minimum absolute atomic E-state index is 0.191. The van der Waals surface area contributed by atoms with Crippen LogP contribution in [0.25, 0.3) is 0 Å². The molecule has 1 aliphatic heterocycles. The predicted molar refractivity (Wildman–Crippen MR) is 73.8 cm³/mol. The van der Waals surface area contributed by atoms with Crippen molar-refractivity contribution in [3.8, 4) is 0 Å². The van der Waals surface area contributed by atoms with Crippen LogP contribution in [0.4, 0.5) is 5.82 Å². The highest BCUT2D eigenvalue weighted by atomic mass is 16.1. The van der Waals surface area contributed by atoms with Crippen molar-refractivity contribution in [2.75, 3.05) is 18.4 Å². The third-order valence-corrected chi connectivity index (χ3v) is 3.74. The number of carbonyl (C=O) groups is 1. The van der Waals surface area contributed by atoms with Crippen molar-refractivity contribution in [2.45, 2.75) is 32.7 Å². The molecule has 1 aromatic heterocycles. The summed E-state index contributed by atoms with van der Waals surface area (Å²) >= 11 is 0. The molecule has 0 aliphatic carbocycles. The predicted octanol–water partition coefficient (Wildman–Crippen LogP) is 0.766. The summed E-state index contributed by atoms with van der Waals surface area (Å²) in [7, 11) is 0. The maximum absolute atomic E-state index is 11.3. The van der Waals surface area contributed by atoms with E-state index in [1.807, 2.05) is 0 Å². The Balaban J connectivity index is 2.04. The maximum Gasteiger partial charge on any atom is 0.271 e. The minimum Gasteiger partial charge on any atom is -0.367 e. The van der Waals surface area contributed by atoms with Crippen LogP contribution in [-0.2, 0) is 0 Å². The number of nitrogens with one attached hydrogen (secondary N) is 2. The summed E-state index contributed by atoms with van der Waals surface area (Å²) < 4.78 is 0. The number of hydrogen-bond donors (Lipinski definition) is 3. The lowest BCUT2D eigenvalue weighted by Crippen LogP contribution is -2.50. The monoisotopic (exact) mass is 263 g/mol. The van der Waals surface area contributed by atoms with Crippen LogP contribution < -0.4 is 16.4 Å². The van der Waals surface area contributed by atoms with Gasteiger partial charge in [-0.3, -0.25) is 4.79 Å². The lowest BCUT2D eigenvalue weighted by molar-refractivity contribution is 0.0996. The highest BCUT2D eigenvalue weighted by Gasteiger charge is 2.31. The van der Waals surface area contributed by atoms with Crippen molar-refractivity contribution in [2.24, 2.45) is 11.1 Å². The number of primary amides is 1. The van der Waals surface area contributed by atoms with Crippen LogP contribution in [0.3, 0.4) is 0 Å². The third-order valence-electron chi connectivity index (χ3n) is 3.74. The average molecular weight is 263 g/mol. The van der Waals surface area contributed by atoms with Crippen molar-refractivity contribution in [3.05, 3.63) is 18.1 Å². The summed E-state index contributed by atoms with van der Waals surface area (Å²) in [6, 6.07) is 0.337. The van der Waals surface area contributed by atoms with Crippen LogP contribution in [0.15, 0.2) is 12.4 Å². The smallest absolute Gasteiger partial charge is 0.271 e. The number of carbonyl (C=O) groups excluding carboxylic acids is 1. The largest absolute Gasteiger partial charge is 0.367 e. The zero-order valence-electron chi connectivity index (χ0n) is 11.4. The Morgan fingerprint density at radius 1 is 1.53 bits per heavy atom. The van der Waals surface area contributed by atoms with Gasteiger partial charge in [0.25, 0.3) is 5.91 Å². The lowest BCUT2D eigenvalue weighted by atomic mass is 9.77. The minimum atomic E-state index is -0.563. The first kappa shape index (κ1) is 13.7. The molecular formula is C13H21N5O. The molecule has 1 aliphatic rings. The van der Waals surface area contributed by atoms with Gasteiger partial charge >= 0.3 is 0 Å². The van der Waals surface area contributed by atoms with Crippen LogP contribution >= 0.6 is 0 Å². The van der Waals surface area contributed by atoms with Gasteiger partial charge in [0.15, 0.2) is 11.5 Å². The van der Waals surface area contributed by atoms with Gasteiger partial charge in [-0.05, 0) is 24.8 Å². The molecule has 4 N–H and O–H groups in total. The van der Waals surface area contributed by atoms with Gasteiger partial charge in [-0.15, -0.1) is 0 Å². The van der Waals surface area contributed by atoms with Crippen LogP contribution in [0.1, 0.15) is 37.2 Å². The molecule has 1 aromatic rings. The molecular weight excluding hydrogens is 242 g/mol. The first-order valence-electron chi connectivity index (χ1n) is 6.59. The van der Waals surface area contributed by atoms with E-state index in [9.17, 15) is 4.79 Å². The zero-order chi connectivity index (χ0) is 13.9. The number of anilines is 1. The first-order chi connectivity index (χ1) is 9.00. The summed E-state index contributed by atoms with van der Waals surface area (Å²) in [4.78, 5) is 19.4. The van der Waals surface area contributed by atoms with E-state index < -0.39 is 5.91 Å². The number of rotatable bonds is 4. The quantitative estimate of drug-likeness (QED) is 0.746. The van der Waals surface area contributed by atoms with Crippen molar-refractivity contribution in [3.63, 3.8) is 0 Å². The number of amides is 1. The molecule has 1 unspecified atom stereocenters. The van der Waals surface area contributed by atoms with Gasteiger partial charge in [0, 0.05) is 25.0 Å². The Morgan fingerprint density at radius 3 is 2.95 bits per heavy atom. The van der Waals surface area contributed by atoms with Gasteiger partial charge in [-0.2, -0.15) is 0 Å². The van der Waals surface area contributed by atoms with Crippen molar-refractivity contribution >= 4 is 11.7 Å². The Hall–Kier alpha value is -1.69. The Kier molecular flexibility index (Phi) is 3.99. The molecule has 0 saturated carbocycles. The van der Waals surface area contributed by atoms with E-state index in [1.165, 1.54) is 19.0 Å². The van der Waals surface area contributed by atoms with Gasteiger partial charge in [-0.25, -0.2) is 9.97 Å². The second kappa shape index (κ2) is 5.52. The van der Waals surface area contributed by atoms with Gasteiger partial charge in [0.2, 0.25) is 0 Å². The molecule has 0 radical (unpaired) electrons. The Labute approximate surface area is 113 Å². The molecule has 6 nitrogen and oxygen atoms in total. The van der Waals surface area contributed by atoms with Crippen LogP contribution in [0.5, 0.6) is 0 Å². The van der Waals surface area contributed by atoms with E-state index in [-0.39, 0.29) is 11.1 Å². The molecule has 2 heterocycles. The Morgan fingerprint density at radius 2 is 2.26 bits per heavy atom. The SMILES string of the molecule is CC1(C)CCCNC1CNc1nccnc1C(N)=O. The number of nitrogens with two attached hydrogens (primary N) is 1. The van der Waals surface area contributed by atoms with E-state index in [0.717, 1.165) is 6.54 Å². The lowest BCUT2D eigenvalue weighted by Gasteiger charge is -2.39. The number of hydrogen-bond acceptors (Lipinski definition) is 5. The van der Waals surface area contributed by atoms with E-state index in [0.29, 0.717) is 18.4 Å². The molecule has 0 spiro atoms. The summed E-state index contributed by atoms with van der Waals surface area (Å²) in [6.45, 7) is 6.22. The normalized spacial score (nSPS) is 21.9. The second-order valence-electron chi connectivity index (χ2n) is 5.60. The highest BCUT2D eigenvalue weighted by molar-refractivity contribution is 5.95. The standard InChI is InChI=1S/C13H21N5O/c1-13(2)4-3-5-15-9(13)8-18-12-10(11(14)19)16-6-7-17-12/h6-7,9,15H,3-5,8H2,1-2H3,(H2,14,19)(H,17,18). The number of aromatic nitrogens is 2. The molecule has 104 valence electrons. The molecule has 19 heavy (non-hydrogen) atoms. The zero-order valence-corrected chi connectivity index (χ0v) is 11.4. The molecule has 6 heteroatoms. The van der Waals surface area contributed by atoms with Gasteiger partial charge in [0.05, 0.1) is 0 Å². The van der Waals surface area contributed by atoms with Crippen molar-refractivity contribution in [1.29, 1.82) is 0 Å². The number of piperidine rings is 1. The van der Waals surface area contributed by atoms with Gasteiger partial charge < -0.3 is 16.4 Å². The van der Waals surface area contributed by atoms with E-state index in [1.54, 1.807) is 6.20 Å². The van der Waals surface area contributed by atoms with Gasteiger partial charge in [-0.1, -0.05) is 13.8 Å².